The van der Waals surface area contributed by atoms with Crippen LogP contribution in [0.1, 0.15) is 12.2 Å². The summed E-state index contributed by atoms with van der Waals surface area (Å²) in [6.45, 7) is 0.862. The normalized spacial score (nSPS) is 10.3. The Kier molecular flexibility index (Phi) is 3.71. The van der Waals surface area contributed by atoms with Crippen molar-refractivity contribution in [2.75, 3.05) is 11.9 Å². The number of hydrogen-bond donors (Lipinski definition) is 2. The average Bonchev–Trinajstić information content (AvgIpc) is 2.77. The number of pyridine rings is 1. The number of rotatable bonds is 5. The van der Waals surface area contributed by atoms with Crippen LogP contribution in [-0.4, -0.2) is 26.7 Å². The lowest BCUT2D eigenvalue weighted by molar-refractivity contribution is 0.805. The van der Waals surface area contributed by atoms with Crippen LogP contribution in [0.15, 0.2) is 24.7 Å². The van der Waals surface area contributed by atoms with E-state index >= 15 is 0 Å². The molecule has 0 radical (unpaired) electrons. The largest absolute Gasteiger partial charge is 0.385 e. The number of aromatic nitrogens is 4. The molecular formula is C10H12ClN5. The molecule has 0 aliphatic rings. The highest BCUT2D eigenvalue weighted by Gasteiger charge is 1.96. The highest BCUT2D eigenvalue weighted by molar-refractivity contribution is 6.29. The number of nitrogens with zero attached hydrogens (tertiary/aromatic N) is 3. The molecule has 2 N–H and O–H groups in total. The third-order valence-electron chi connectivity index (χ3n) is 2.11. The van der Waals surface area contributed by atoms with Crippen molar-refractivity contribution in [1.82, 2.24) is 20.2 Å². The van der Waals surface area contributed by atoms with E-state index in [0.29, 0.717) is 5.15 Å². The molecule has 16 heavy (non-hydrogen) atoms. The van der Waals surface area contributed by atoms with Gasteiger partial charge in [-0.1, -0.05) is 11.6 Å². The molecule has 2 rings (SSSR count). The minimum atomic E-state index is 0.500. The van der Waals surface area contributed by atoms with Gasteiger partial charge in [-0.2, -0.15) is 5.10 Å². The van der Waals surface area contributed by atoms with Gasteiger partial charge in [0, 0.05) is 24.8 Å². The minimum absolute atomic E-state index is 0.500. The van der Waals surface area contributed by atoms with E-state index in [0.717, 1.165) is 30.9 Å². The summed E-state index contributed by atoms with van der Waals surface area (Å²) in [6, 6.07) is 3.69. The molecule has 0 atom stereocenters. The van der Waals surface area contributed by atoms with E-state index in [2.05, 4.69) is 25.5 Å². The molecule has 0 saturated heterocycles. The summed E-state index contributed by atoms with van der Waals surface area (Å²) in [5.74, 6) is 0.912. The number of H-pyrrole nitrogens is 1. The van der Waals surface area contributed by atoms with Gasteiger partial charge in [-0.3, -0.25) is 5.10 Å². The summed E-state index contributed by atoms with van der Waals surface area (Å²) in [4.78, 5) is 7.96. The maximum atomic E-state index is 5.76. The van der Waals surface area contributed by atoms with E-state index in [1.807, 2.05) is 6.07 Å². The smallest absolute Gasteiger partial charge is 0.137 e. The molecule has 0 aliphatic carbocycles. The Labute approximate surface area is 98.3 Å². The second-order valence-corrected chi connectivity index (χ2v) is 3.72. The summed E-state index contributed by atoms with van der Waals surface area (Å²) in [5, 5.41) is 10.4. The van der Waals surface area contributed by atoms with Crippen molar-refractivity contribution in [2.45, 2.75) is 12.8 Å². The second kappa shape index (κ2) is 5.46. The summed E-state index contributed by atoms with van der Waals surface area (Å²) in [5.41, 5.74) is 0.984. The predicted molar refractivity (Wildman–Crippen MR) is 62.4 cm³/mol. The molecule has 2 aromatic rings. The molecular weight excluding hydrogens is 226 g/mol. The first-order valence-electron chi connectivity index (χ1n) is 5.04. The Morgan fingerprint density at radius 3 is 3.06 bits per heavy atom. The highest BCUT2D eigenvalue weighted by atomic mass is 35.5. The third kappa shape index (κ3) is 3.20. The van der Waals surface area contributed by atoms with Crippen molar-refractivity contribution in [3.05, 3.63) is 35.6 Å². The van der Waals surface area contributed by atoms with Gasteiger partial charge in [0.05, 0.1) is 0 Å². The van der Waals surface area contributed by atoms with Crippen molar-refractivity contribution >= 4 is 17.3 Å². The maximum Gasteiger partial charge on any atom is 0.137 e. The summed E-state index contributed by atoms with van der Waals surface area (Å²) >= 11 is 5.76. The van der Waals surface area contributed by atoms with E-state index in [9.17, 15) is 0 Å². The van der Waals surface area contributed by atoms with Gasteiger partial charge in [-0.15, -0.1) is 0 Å². The molecule has 0 amide bonds. The molecule has 2 heterocycles. The van der Waals surface area contributed by atoms with Crippen LogP contribution >= 0.6 is 11.6 Å². The lowest BCUT2D eigenvalue weighted by Gasteiger charge is -2.04. The van der Waals surface area contributed by atoms with Gasteiger partial charge in [0.2, 0.25) is 0 Å². The van der Waals surface area contributed by atoms with Crippen molar-refractivity contribution in [1.29, 1.82) is 0 Å². The van der Waals surface area contributed by atoms with Crippen molar-refractivity contribution in [3.63, 3.8) is 0 Å². The number of hydrogen-bond acceptors (Lipinski definition) is 4. The lowest BCUT2D eigenvalue weighted by Crippen LogP contribution is -2.03. The number of aromatic amines is 1. The van der Waals surface area contributed by atoms with Gasteiger partial charge in [-0.25, -0.2) is 9.97 Å². The molecule has 5 nitrogen and oxygen atoms in total. The molecule has 2 aromatic heterocycles. The second-order valence-electron chi connectivity index (χ2n) is 3.33. The van der Waals surface area contributed by atoms with E-state index in [-0.39, 0.29) is 0 Å². The van der Waals surface area contributed by atoms with Crippen molar-refractivity contribution < 1.29 is 0 Å². The van der Waals surface area contributed by atoms with Crippen LogP contribution in [0.3, 0.4) is 0 Å². The van der Waals surface area contributed by atoms with Gasteiger partial charge < -0.3 is 5.32 Å². The van der Waals surface area contributed by atoms with E-state index in [4.69, 9.17) is 11.6 Å². The zero-order chi connectivity index (χ0) is 11.2. The van der Waals surface area contributed by atoms with Crippen LogP contribution in [-0.2, 0) is 6.42 Å². The highest BCUT2D eigenvalue weighted by Crippen LogP contribution is 2.11. The molecule has 0 bridgehead atoms. The molecule has 0 fully saturated rings. The Bertz CT molecular complexity index is 429. The Morgan fingerprint density at radius 1 is 1.38 bits per heavy atom. The Morgan fingerprint density at radius 2 is 2.31 bits per heavy atom. The predicted octanol–water partition coefficient (Wildman–Crippen LogP) is 1.90. The monoisotopic (exact) mass is 237 g/mol. The fraction of sp³-hybridized carbons (Fsp3) is 0.300. The fourth-order valence-corrected chi connectivity index (χ4v) is 1.53. The van der Waals surface area contributed by atoms with Crippen LogP contribution in [0.4, 0.5) is 5.69 Å². The molecule has 6 heteroatoms. The number of halogens is 1. The van der Waals surface area contributed by atoms with E-state index in [1.54, 1.807) is 12.3 Å². The first-order chi connectivity index (χ1) is 7.84. The molecule has 0 aliphatic heterocycles. The molecule has 0 aromatic carbocycles. The van der Waals surface area contributed by atoms with Crippen LogP contribution < -0.4 is 5.32 Å². The first-order valence-corrected chi connectivity index (χ1v) is 5.42. The quantitative estimate of drug-likeness (QED) is 0.616. The van der Waals surface area contributed by atoms with Gasteiger partial charge in [0.25, 0.3) is 0 Å². The van der Waals surface area contributed by atoms with Crippen LogP contribution in [0.5, 0.6) is 0 Å². The zero-order valence-corrected chi connectivity index (χ0v) is 9.41. The summed E-state index contributed by atoms with van der Waals surface area (Å²) in [7, 11) is 0. The fourth-order valence-electron chi connectivity index (χ4n) is 1.35. The van der Waals surface area contributed by atoms with Crippen molar-refractivity contribution in [3.8, 4) is 0 Å². The Balaban J connectivity index is 1.72. The standard InChI is InChI=1S/C10H12ClN5/c11-9-6-8(3-5-13-9)12-4-1-2-10-14-7-15-16-10/h3,5-7H,1-2,4H2,(H,12,13)(H,14,15,16). The average molecular weight is 238 g/mol. The topological polar surface area (TPSA) is 66.5 Å². The van der Waals surface area contributed by atoms with E-state index < -0.39 is 0 Å². The zero-order valence-electron chi connectivity index (χ0n) is 8.65. The van der Waals surface area contributed by atoms with Crippen LogP contribution in [0.25, 0.3) is 0 Å². The van der Waals surface area contributed by atoms with Gasteiger partial charge in [0.15, 0.2) is 0 Å². The van der Waals surface area contributed by atoms with Gasteiger partial charge in [0.1, 0.15) is 17.3 Å². The minimum Gasteiger partial charge on any atom is -0.385 e. The van der Waals surface area contributed by atoms with Gasteiger partial charge in [-0.05, 0) is 18.6 Å². The number of anilines is 1. The molecule has 0 unspecified atom stereocenters. The summed E-state index contributed by atoms with van der Waals surface area (Å²) in [6.07, 6.45) is 5.06. The van der Waals surface area contributed by atoms with Crippen LogP contribution in [0, 0.1) is 0 Å². The molecule has 0 saturated carbocycles. The van der Waals surface area contributed by atoms with Crippen molar-refractivity contribution in [2.24, 2.45) is 0 Å². The van der Waals surface area contributed by atoms with Crippen LogP contribution in [0.2, 0.25) is 5.15 Å². The number of aryl methyl sites for hydroxylation is 1. The SMILES string of the molecule is Clc1cc(NCCCc2ncn[nH]2)ccn1. The lowest BCUT2D eigenvalue weighted by atomic mass is 10.3. The van der Waals surface area contributed by atoms with Gasteiger partial charge >= 0.3 is 0 Å². The molecule has 84 valence electrons. The number of nitrogens with one attached hydrogen (secondary N) is 2. The Hall–Kier alpha value is -1.62. The van der Waals surface area contributed by atoms with E-state index in [1.165, 1.54) is 6.33 Å². The molecule has 0 spiro atoms. The first kappa shape index (κ1) is 10.9. The maximum absolute atomic E-state index is 5.76. The summed E-state index contributed by atoms with van der Waals surface area (Å²) < 4.78 is 0. The third-order valence-corrected chi connectivity index (χ3v) is 2.32.